The topological polar surface area (TPSA) is 72.0 Å². The quantitative estimate of drug-likeness (QED) is 0.764. The molecule has 2 aromatic rings. The van der Waals surface area contributed by atoms with Crippen LogP contribution in [0.1, 0.15) is 19.3 Å². The lowest BCUT2D eigenvalue weighted by atomic mass is 10.2. The summed E-state index contributed by atoms with van der Waals surface area (Å²) in [7, 11) is -1.55. The van der Waals surface area contributed by atoms with Gasteiger partial charge in [0.05, 0.1) is 6.54 Å². The number of likely N-dealkylation sites (N-methyl/N-ethyl adjacent to an activating group) is 1. The number of fused-ring (bicyclic) bond motifs is 1. The molecule has 7 nitrogen and oxygen atoms in total. The number of hydrogen-bond acceptors (Lipinski definition) is 6. The van der Waals surface area contributed by atoms with Crippen molar-refractivity contribution >= 4 is 15.8 Å². The molecular formula is C20H25N3O4S. The monoisotopic (exact) mass is 403 g/mol. The first-order chi connectivity index (χ1) is 13.5. The van der Waals surface area contributed by atoms with Crippen molar-refractivity contribution in [2.24, 2.45) is 0 Å². The minimum absolute atomic E-state index is 0.126. The van der Waals surface area contributed by atoms with Gasteiger partial charge in [-0.25, -0.2) is 13.4 Å². The molecule has 0 radical (unpaired) electrons. The minimum Gasteiger partial charge on any atom is -0.486 e. The van der Waals surface area contributed by atoms with Crippen molar-refractivity contribution in [2.45, 2.75) is 30.3 Å². The summed E-state index contributed by atoms with van der Waals surface area (Å²) in [5.74, 6) is 2.19. The first kappa shape index (κ1) is 19.0. The highest BCUT2D eigenvalue weighted by molar-refractivity contribution is 7.89. The lowest BCUT2D eigenvalue weighted by Crippen LogP contribution is -2.39. The SMILES string of the molecule is CN(C[C@H]1COc2ccccc2O1)c1ccc(S(=O)(=O)N2CCCCC2)cn1. The van der Waals surface area contributed by atoms with Gasteiger partial charge in [-0.15, -0.1) is 0 Å². The molecule has 28 heavy (non-hydrogen) atoms. The van der Waals surface area contributed by atoms with E-state index in [9.17, 15) is 8.42 Å². The average molecular weight is 404 g/mol. The number of rotatable bonds is 5. The Labute approximate surface area is 165 Å². The molecule has 2 aliphatic heterocycles. The first-order valence-corrected chi connectivity index (χ1v) is 11.0. The molecule has 0 unspecified atom stereocenters. The fourth-order valence-electron chi connectivity index (χ4n) is 3.56. The zero-order valence-corrected chi connectivity index (χ0v) is 16.8. The summed E-state index contributed by atoms with van der Waals surface area (Å²) < 4.78 is 38.8. The smallest absolute Gasteiger partial charge is 0.244 e. The van der Waals surface area contributed by atoms with E-state index in [0.717, 1.165) is 30.8 Å². The van der Waals surface area contributed by atoms with Gasteiger partial charge in [-0.05, 0) is 37.1 Å². The number of pyridine rings is 1. The summed E-state index contributed by atoms with van der Waals surface area (Å²) in [6.45, 7) is 2.22. The molecule has 3 heterocycles. The molecule has 1 atom stereocenters. The molecule has 1 aromatic carbocycles. The van der Waals surface area contributed by atoms with Crippen LogP contribution in [-0.4, -0.2) is 57.1 Å². The zero-order valence-electron chi connectivity index (χ0n) is 16.0. The Morgan fingerprint density at radius 3 is 2.57 bits per heavy atom. The van der Waals surface area contributed by atoms with Crippen LogP contribution in [-0.2, 0) is 10.0 Å². The van der Waals surface area contributed by atoms with Gasteiger partial charge >= 0.3 is 0 Å². The van der Waals surface area contributed by atoms with Crippen LogP contribution in [0.3, 0.4) is 0 Å². The second-order valence-corrected chi connectivity index (χ2v) is 9.13. The Hall–Kier alpha value is -2.32. The number of para-hydroxylation sites is 2. The third-order valence-electron chi connectivity index (χ3n) is 5.11. The molecule has 2 aliphatic rings. The Balaban J connectivity index is 1.41. The molecule has 0 spiro atoms. The molecule has 0 aliphatic carbocycles. The fraction of sp³-hybridized carbons (Fsp3) is 0.450. The molecule has 1 aromatic heterocycles. The van der Waals surface area contributed by atoms with Gasteiger partial charge in [0.15, 0.2) is 17.6 Å². The van der Waals surface area contributed by atoms with E-state index in [4.69, 9.17) is 9.47 Å². The number of aromatic nitrogens is 1. The van der Waals surface area contributed by atoms with E-state index in [1.54, 1.807) is 16.4 Å². The summed E-state index contributed by atoms with van der Waals surface area (Å²) in [6.07, 6.45) is 4.24. The van der Waals surface area contributed by atoms with E-state index in [2.05, 4.69) is 4.98 Å². The van der Waals surface area contributed by atoms with Gasteiger partial charge in [0.1, 0.15) is 17.3 Å². The van der Waals surface area contributed by atoms with Crippen LogP contribution in [0, 0.1) is 0 Å². The fourth-order valence-corrected chi connectivity index (χ4v) is 5.02. The standard InChI is InChI=1S/C20H25N3O4S/c1-22(14-16-15-26-18-7-3-4-8-19(18)27-16)20-10-9-17(13-21-20)28(24,25)23-11-5-2-6-12-23/h3-4,7-10,13,16H,2,5-6,11-12,14-15H2,1H3/t16-/m0/s1. The van der Waals surface area contributed by atoms with Gasteiger partial charge in [0.2, 0.25) is 10.0 Å². The minimum atomic E-state index is -3.46. The Morgan fingerprint density at radius 1 is 1.11 bits per heavy atom. The third kappa shape index (κ3) is 3.93. The molecule has 0 N–H and O–H groups in total. The summed E-state index contributed by atoms with van der Waals surface area (Å²) in [4.78, 5) is 6.56. The molecule has 0 bridgehead atoms. The van der Waals surface area contributed by atoms with Crippen LogP contribution in [0.5, 0.6) is 11.5 Å². The van der Waals surface area contributed by atoms with Crippen LogP contribution in [0.15, 0.2) is 47.5 Å². The molecule has 1 saturated heterocycles. The van der Waals surface area contributed by atoms with Crippen LogP contribution in [0.4, 0.5) is 5.82 Å². The number of piperidine rings is 1. The summed E-state index contributed by atoms with van der Waals surface area (Å²) in [5, 5.41) is 0. The third-order valence-corrected chi connectivity index (χ3v) is 6.99. The summed E-state index contributed by atoms with van der Waals surface area (Å²) in [5.41, 5.74) is 0. The van der Waals surface area contributed by atoms with Crippen LogP contribution in [0.25, 0.3) is 0 Å². The van der Waals surface area contributed by atoms with Crippen molar-refractivity contribution in [3.05, 3.63) is 42.6 Å². The van der Waals surface area contributed by atoms with Crippen LogP contribution < -0.4 is 14.4 Å². The predicted octanol–water partition coefficient (Wildman–Crippen LogP) is 2.53. The number of hydrogen-bond donors (Lipinski definition) is 0. The first-order valence-electron chi connectivity index (χ1n) is 9.60. The van der Waals surface area contributed by atoms with Crippen molar-refractivity contribution < 1.29 is 17.9 Å². The maximum atomic E-state index is 12.7. The van der Waals surface area contributed by atoms with Gasteiger partial charge in [-0.1, -0.05) is 18.6 Å². The Morgan fingerprint density at radius 2 is 1.86 bits per heavy atom. The Bertz CT molecular complexity index is 911. The van der Waals surface area contributed by atoms with Gasteiger partial charge in [-0.2, -0.15) is 4.31 Å². The maximum absolute atomic E-state index is 12.7. The van der Waals surface area contributed by atoms with Crippen LogP contribution >= 0.6 is 0 Å². The van der Waals surface area contributed by atoms with E-state index in [-0.39, 0.29) is 11.0 Å². The average Bonchev–Trinajstić information content (AvgIpc) is 2.74. The van der Waals surface area contributed by atoms with Crippen molar-refractivity contribution in [2.75, 3.05) is 38.2 Å². The van der Waals surface area contributed by atoms with Gasteiger partial charge < -0.3 is 14.4 Å². The lowest BCUT2D eigenvalue weighted by molar-refractivity contribution is 0.0959. The summed E-state index contributed by atoms with van der Waals surface area (Å²) in [6, 6.07) is 11.0. The highest BCUT2D eigenvalue weighted by Crippen LogP contribution is 2.31. The molecule has 150 valence electrons. The second-order valence-electron chi connectivity index (χ2n) is 7.19. The molecule has 4 rings (SSSR count). The van der Waals surface area contributed by atoms with Crippen molar-refractivity contribution in [1.29, 1.82) is 0 Å². The van der Waals surface area contributed by atoms with Crippen LogP contribution in [0.2, 0.25) is 0 Å². The lowest BCUT2D eigenvalue weighted by Gasteiger charge is -2.30. The highest BCUT2D eigenvalue weighted by Gasteiger charge is 2.27. The predicted molar refractivity (Wildman–Crippen MR) is 106 cm³/mol. The Kier molecular flexibility index (Phi) is 5.41. The maximum Gasteiger partial charge on any atom is 0.244 e. The van der Waals surface area contributed by atoms with Crippen molar-refractivity contribution in [3.8, 4) is 11.5 Å². The zero-order chi connectivity index (χ0) is 19.6. The number of nitrogens with zero attached hydrogens (tertiary/aromatic N) is 3. The van der Waals surface area contributed by atoms with E-state index >= 15 is 0 Å². The number of sulfonamides is 1. The molecular weight excluding hydrogens is 378 g/mol. The van der Waals surface area contributed by atoms with Crippen molar-refractivity contribution in [3.63, 3.8) is 0 Å². The molecule has 8 heteroatoms. The van der Waals surface area contributed by atoms with E-state index in [1.165, 1.54) is 6.20 Å². The van der Waals surface area contributed by atoms with E-state index < -0.39 is 10.0 Å². The highest BCUT2D eigenvalue weighted by atomic mass is 32.2. The number of benzene rings is 1. The largest absolute Gasteiger partial charge is 0.486 e. The summed E-state index contributed by atoms with van der Waals surface area (Å²) >= 11 is 0. The molecule has 0 amide bonds. The van der Waals surface area contributed by atoms with Gasteiger partial charge in [-0.3, -0.25) is 0 Å². The molecule has 1 fully saturated rings. The number of ether oxygens (including phenoxy) is 2. The van der Waals surface area contributed by atoms with E-state index in [1.807, 2.05) is 36.2 Å². The van der Waals surface area contributed by atoms with E-state index in [0.29, 0.717) is 32.1 Å². The van der Waals surface area contributed by atoms with Gasteiger partial charge in [0, 0.05) is 26.3 Å². The van der Waals surface area contributed by atoms with Gasteiger partial charge in [0.25, 0.3) is 0 Å². The van der Waals surface area contributed by atoms with Crippen molar-refractivity contribution in [1.82, 2.24) is 9.29 Å². The second kappa shape index (κ2) is 7.97. The molecule has 0 saturated carbocycles. The number of anilines is 1. The normalized spacial score (nSPS) is 20.0.